The minimum absolute atomic E-state index is 0.0132. The van der Waals surface area contributed by atoms with Crippen LogP contribution in [0.4, 0.5) is 5.82 Å². The van der Waals surface area contributed by atoms with Gasteiger partial charge in [-0.25, -0.2) is 4.98 Å². The number of piperidine rings is 1. The Morgan fingerprint density at radius 3 is 2.88 bits per heavy atom. The molecule has 0 aliphatic carbocycles. The quantitative estimate of drug-likeness (QED) is 0.928. The van der Waals surface area contributed by atoms with E-state index in [1.807, 2.05) is 26.0 Å². The van der Waals surface area contributed by atoms with Crippen molar-refractivity contribution in [1.82, 2.24) is 20.1 Å². The highest BCUT2D eigenvalue weighted by atomic mass is 16.4. The molecule has 1 fully saturated rings. The van der Waals surface area contributed by atoms with E-state index in [0.717, 1.165) is 24.9 Å². The highest BCUT2D eigenvalue weighted by Crippen LogP contribution is 2.26. The van der Waals surface area contributed by atoms with E-state index in [4.69, 9.17) is 4.42 Å². The summed E-state index contributed by atoms with van der Waals surface area (Å²) >= 11 is 0. The predicted octanol–water partition coefficient (Wildman–Crippen LogP) is 2.49. The number of amides is 1. The maximum Gasteiger partial charge on any atom is 0.233 e. The van der Waals surface area contributed by atoms with Crippen molar-refractivity contribution in [3.63, 3.8) is 0 Å². The van der Waals surface area contributed by atoms with Gasteiger partial charge in [-0.15, -0.1) is 10.2 Å². The number of pyridine rings is 1. The highest BCUT2D eigenvalue weighted by Gasteiger charge is 2.30. The van der Waals surface area contributed by atoms with E-state index in [-0.39, 0.29) is 17.9 Å². The number of likely N-dealkylation sites (tertiary alicyclic amines) is 1. The minimum atomic E-state index is -0.0617. The number of carbonyl (C=O) groups excluding carboxylic acids is 1. The third kappa shape index (κ3) is 3.79. The standard InChI is InChI=1S/C17H23N5O2/c1-11-6-7-15(18-9-11)19-16(23)14-5-4-8-22(10-14)12(2)17-21-20-13(3)24-17/h6-7,9,12,14H,4-5,8,10H2,1-3H3,(H,18,19,23). The molecule has 7 nitrogen and oxygen atoms in total. The third-order valence-corrected chi connectivity index (χ3v) is 4.43. The molecule has 2 aromatic heterocycles. The van der Waals surface area contributed by atoms with Gasteiger partial charge in [0.25, 0.3) is 0 Å². The summed E-state index contributed by atoms with van der Waals surface area (Å²) in [7, 11) is 0. The van der Waals surface area contributed by atoms with Gasteiger partial charge >= 0.3 is 0 Å². The van der Waals surface area contributed by atoms with Gasteiger partial charge in [0.1, 0.15) is 5.82 Å². The van der Waals surface area contributed by atoms with Crippen molar-refractivity contribution in [3.05, 3.63) is 35.7 Å². The van der Waals surface area contributed by atoms with Crippen LogP contribution in [0.5, 0.6) is 0 Å². The molecular formula is C17H23N5O2. The molecule has 7 heteroatoms. The largest absolute Gasteiger partial charge is 0.424 e. The van der Waals surface area contributed by atoms with Crippen molar-refractivity contribution < 1.29 is 9.21 Å². The van der Waals surface area contributed by atoms with Crippen LogP contribution in [0.15, 0.2) is 22.7 Å². The van der Waals surface area contributed by atoms with Gasteiger partial charge in [0.05, 0.1) is 12.0 Å². The van der Waals surface area contributed by atoms with Crippen LogP contribution in [0, 0.1) is 19.8 Å². The van der Waals surface area contributed by atoms with E-state index in [9.17, 15) is 4.79 Å². The Bertz CT molecular complexity index is 697. The van der Waals surface area contributed by atoms with Crippen LogP contribution in [0.2, 0.25) is 0 Å². The fourth-order valence-corrected chi connectivity index (χ4v) is 2.98. The van der Waals surface area contributed by atoms with Crippen LogP contribution in [0.3, 0.4) is 0 Å². The lowest BCUT2D eigenvalue weighted by Crippen LogP contribution is -2.42. The topological polar surface area (TPSA) is 84.2 Å². The van der Waals surface area contributed by atoms with Gasteiger partial charge in [-0.3, -0.25) is 9.69 Å². The van der Waals surface area contributed by atoms with Gasteiger partial charge in [0, 0.05) is 19.7 Å². The second-order valence-corrected chi connectivity index (χ2v) is 6.38. The number of anilines is 1. The van der Waals surface area contributed by atoms with E-state index in [1.165, 1.54) is 0 Å². The maximum absolute atomic E-state index is 12.5. The molecule has 2 aromatic rings. The smallest absolute Gasteiger partial charge is 0.233 e. The zero-order valence-corrected chi connectivity index (χ0v) is 14.3. The van der Waals surface area contributed by atoms with Crippen LogP contribution < -0.4 is 5.32 Å². The first kappa shape index (κ1) is 16.6. The molecule has 0 spiro atoms. The first-order chi connectivity index (χ1) is 11.5. The van der Waals surface area contributed by atoms with Gasteiger partial charge in [-0.2, -0.15) is 0 Å². The number of nitrogens with zero attached hydrogens (tertiary/aromatic N) is 4. The molecule has 1 N–H and O–H groups in total. The minimum Gasteiger partial charge on any atom is -0.424 e. The highest BCUT2D eigenvalue weighted by molar-refractivity contribution is 5.91. The number of carbonyl (C=O) groups is 1. The van der Waals surface area contributed by atoms with Gasteiger partial charge < -0.3 is 9.73 Å². The molecule has 1 saturated heterocycles. The van der Waals surface area contributed by atoms with Crippen LogP contribution in [0.25, 0.3) is 0 Å². The number of rotatable bonds is 4. The predicted molar refractivity (Wildman–Crippen MR) is 89.4 cm³/mol. The third-order valence-electron chi connectivity index (χ3n) is 4.43. The fraction of sp³-hybridized carbons (Fsp3) is 0.529. The molecule has 1 amide bonds. The van der Waals surface area contributed by atoms with Crippen molar-refractivity contribution in [2.75, 3.05) is 18.4 Å². The molecule has 0 bridgehead atoms. The lowest BCUT2D eigenvalue weighted by atomic mass is 9.96. The SMILES string of the molecule is Cc1ccc(NC(=O)C2CCCN(C(C)c3nnc(C)o3)C2)nc1. The van der Waals surface area contributed by atoms with Gasteiger partial charge in [-0.05, 0) is 44.9 Å². The molecule has 1 aliphatic heterocycles. The Morgan fingerprint density at radius 1 is 1.38 bits per heavy atom. The second-order valence-electron chi connectivity index (χ2n) is 6.38. The summed E-state index contributed by atoms with van der Waals surface area (Å²) in [6.45, 7) is 7.40. The Balaban J connectivity index is 1.62. The molecule has 0 aromatic carbocycles. The van der Waals surface area contributed by atoms with Crippen LogP contribution >= 0.6 is 0 Å². The second kappa shape index (κ2) is 7.09. The van der Waals surface area contributed by atoms with E-state index < -0.39 is 0 Å². The summed E-state index contributed by atoms with van der Waals surface area (Å²) < 4.78 is 5.53. The molecule has 3 heterocycles. The van der Waals surface area contributed by atoms with E-state index in [2.05, 4.69) is 25.4 Å². The van der Waals surface area contributed by atoms with Crippen molar-refractivity contribution in [2.24, 2.45) is 5.92 Å². The molecule has 2 atom stereocenters. The van der Waals surface area contributed by atoms with Gasteiger partial charge in [0.2, 0.25) is 17.7 Å². The number of aryl methyl sites for hydroxylation is 2. The Labute approximate surface area is 141 Å². The normalized spacial score (nSPS) is 19.9. The summed E-state index contributed by atoms with van der Waals surface area (Å²) in [5.74, 6) is 1.73. The maximum atomic E-state index is 12.5. The molecular weight excluding hydrogens is 306 g/mol. The average molecular weight is 329 g/mol. The number of aromatic nitrogens is 3. The summed E-state index contributed by atoms with van der Waals surface area (Å²) in [5.41, 5.74) is 1.07. The van der Waals surface area contributed by atoms with Crippen LogP contribution in [-0.2, 0) is 4.79 Å². The number of hydrogen-bond donors (Lipinski definition) is 1. The van der Waals surface area contributed by atoms with Crippen molar-refractivity contribution in [3.8, 4) is 0 Å². The van der Waals surface area contributed by atoms with Crippen LogP contribution in [-0.4, -0.2) is 39.1 Å². The lowest BCUT2D eigenvalue weighted by Gasteiger charge is -2.34. The molecule has 128 valence electrons. The number of hydrogen-bond acceptors (Lipinski definition) is 6. The first-order valence-electron chi connectivity index (χ1n) is 8.30. The average Bonchev–Trinajstić information content (AvgIpc) is 3.03. The van der Waals surface area contributed by atoms with Crippen molar-refractivity contribution in [1.29, 1.82) is 0 Å². The summed E-state index contributed by atoms with van der Waals surface area (Å²) in [4.78, 5) is 19.0. The molecule has 2 unspecified atom stereocenters. The summed E-state index contributed by atoms with van der Waals surface area (Å²) in [6, 6.07) is 3.78. The Kier molecular flexibility index (Phi) is 4.89. The molecule has 0 radical (unpaired) electrons. The van der Waals surface area contributed by atoms with Gasteiger partial charge in [0.15, 0.2) is 0 Å². The Hall–Kier alpha value is -2.28. The van der Waals surface area contributed by atoms with Crippen molar-refractivity contribution >= 4 is 11.7 Å². The monoisotopic (exact) mass is 329 g/mol. The molecule has 0 saturated carbocycles. The van der Waals surface area contributed by atoms with Crippen molar-refractivity contribution in [2.45, 2.75) is 39.7 Å². The lowest BCUT2D eigenvalue weighted by molar-refractivity contribution is -0.121. The molecule has 24 heavy (non-hydrogen) atoms. The summed E-state index contributed by atoms with van der Waals surface area (Å²) in [6.07, 6.45) is 3.60. The fourth-order valence-electron chi connectivity index (χ4n) is 2.98. The zero-order valence-electron chi connectivity index (χ0n) is 14.3. The van der Waals surface area contributed by atoms with E-state index in [1.54, 1.807) is 13.1 Å². The first-order valence-corrected chi connectivity index (χ1v) is 8.30. The zero-order chi connectivity index (χ0) is 17.1. The Morgan fingerprint density at radius 2 is 2.21 bits per heavy atom. The number of nitrogens with one attached hydrogen (secondary N) is 1. The van der Waals surface area contributed by atoms with Gasteiger partial charge in [-0.1, -0.05) is 6.07 Å². The molecule has 1 aliphatic rings. The van der Waals surface area contributed by atoms with E-state index in [0.29, 0.717) is 24.1 Å². The van der Waals surface area contributed by atoms with Crippen LogP contribution in [0.1, 0.15) is 43.2 Å². The summed E-state index contributed by atoms with van der Waals surface area (Å²) in [5, 5.41) is 10.9. The molecule has 3 rings (SSSR count). The van der Waals surface area contributed by atoms with E-state index >= 15 is 0 Å².